The average molecular weight is 347 g/mol. The molecule has 0 aliphatic carbocycles. The van der Waals surface area contributed by atoms with E-state index < -0.39 is 10.0 Å². The van der Waals surface area contributed by atoms with Crippen molar-refractivity contribution in [3.63, 3.8) is 0 Å². The van der Waals surface area contributed by atoms with Crippen molar-refractivity contribution < 1.29 is 17.9 Å². The lowest BCUT2D eigenvalue weighted by atomic mass is 10.0. The predicted octanol–water partition coefficient (Wildman–Crippen LogP) is 3.20. The molecule has 5 nitrogen and oxygen atoms in total. The smallest absolute Gasteiger partial charge is 0.241 e. The molecule has 0 amide bonds. The van der Waals surface area contributed by atoms with Crippen LogP contribution in [0.1, 0.15) is 30.5 Å². The summed E-state index contributed by atoms with van der Waals surface area (Å²) < 4.78 is 39.1. The summed E-state index contributed by atoms with van der Waals surface area (Å²) in [6.45, 7) is 4.86. The third kappa shape index (κ3) is 3.55. The molecule has 6 heteroatoms. The lowest BCUT2D eigenvalue weighted by molar-refractivity contribution is 0.171. The van der Waals surface area contributed by atoms with Crippen molar-refractivity contribution in [1.82, 2.24) is 4.72 Å². The van der Waals surface area contributed by atoms with Crippen LogP contribution in [0.2, 0.25) is 0 Å². The predicted molar refractivity (Wildman–Crippen MR) is 92.0 cm³/mol. The number of sulfonamides is 1. The first-order chi connectivity index (χ1) is 11.5. The number of rotatable bonds is 5. The minimum absolute atomic E-state index is 0.178. The van der Waals surface area contributed by atoms with Crippen LogP contribution in [0.25, 0.3) is 0 Å². The SMILES string of the molecule is CC[C@H](NS(=O)(=O)c1ccc2c(c1)OCCO2)c1ccc(C)cc1. The van der Waals surface area contributed by atoms with E-state index in [1.165, 1.54) is 12.1 Å². The molecule has 0 spiro atoms. The van der Waals surface area contributed by atoms with Crippen LogP contribution in [0.5, 0.6) is 11.5 Å². The summed E-state index contributed by atoms with van der Waals surface area (Å²) in [5.41, 5.74) is 2.09. The normalized spacial score (nSPS) is 15.1. The maximum absolute atomic E-state index is 12.7. The minimum Gasteiger partial charge on any atom is -0.486 e. The van der Waals surface area contributed by atoms with Crippen LogP contribution in [0, 0.1) is 6.92 Å². The fourth-order valence-electron chi connectivity index (χ4n) is 2.63. The number of aryl methyl sites for hydroxylation is 1. The zero-order chi connectivity index (χ0) is 17.2. The van der Waals surface area contributed by atoms with Gasteiger partial charge in [0.15, 0.2) is 11.5 Å². The topological polar surface area (TPSA) is 64.6 Å². The number of fused-ring (bicyclic) bond motifs is 1. The van der Waals surface area contributed by atoms with Gasteiger partial charge < -0.3 is 9.47 Å². The molecule has 0 aromatic heterocycles. The largest absolute Gasteiger partial charge is 0.486 e. The first-order valence-electron chi connectivity index (χ1n) is 7.98. The maximum Gasteiger partial charge on any atom is 0.241 e. The van der Waals surface area contributed by atoms with Crippen molar-refractivity contribution in [1.29, 1.82) is 0 Å². The molecule has 0 radical (unpaired) electrons. The van der Waals surface area contributed by atoms with E-state index in [4.69, 9.17) is 9.47 Å². The highest BCUT2D eigenvalue weighted by Gasteiger charge is 2.23. The standard InChI is InChI=1S/C18H21NO4S/c1-3-16(14-6-4-13(2)5-7-14)19-24(20,21)15-8-9-17-18(12-15)23-11-10-22-17/h4-9,12,16,19H,3,10-11H2,1-2H3/t16-/m0/s1. The van der Waals surface area contributed by atoms with Gasteiger partial charge in [-0.1, -0.05) is 36.8 Å². The van der Waals surface area contributed by atoms with Gasteiger partial charge >= 0.3 is 0 Å². The summed E-state index contributed by atoms with van der Waals surface area (Å²) in [6.07, 6.45) is 0.660. The van der Waals surface area contributed by atoms with E-state index in [1.54, 1.807) is 6.07 Å². The summed E-state index contributed by atoms with van der Waals surface area (Å²) in [6, 6.07) is 12.3. The van der Waals surface area contributed by atoms with Crippen LogP contribution in [0.3, 0.4) is 0 Å². The zero-order valence-corrected chi connectivity index (χ0v) is 14.6. The van der Waals surface area contributed by atoms with Gasteiger partial charge in [0.1, 0.15) is 13.2 Å². The molecule has 3 rings (SSSR count). The molecule has 2 aromatic carbocycles. The molecule has 1 aliphatic rings. The number of hydrogen-bond acceptors (Lipinski definition) is 4. The fourth-order valence-corrected chi connectivity index (χ4v) is 3.95. The van der Waals surface area contributed by atoms with Gasteiger partial charge in [-0.2, -0.15) is 0 Å². The second-order valence-electron chi connectivity index (χ2n) is 5.80. The van der Waals surface area contributed by atoms with E-state index in [2.05, 4.69) is 4.72 Å². The van der Waals surface area contributed by atoms with Crippen molar-refractivity contribution in [2.75, 3.05) is 13.2 Å². The Morgan fingerprint density at radius 3 is 2.38 bits per heavy atom. The van der Waals surface area contributed by atoms with Crippen LogP contribution >= 0.6 is 0 Å². The molecular formula is C18H21NO4S. The highest BCUT2D eigenvalue weighted by molar-refractivity contribution is 7.89. The van der Waals surface area contributed by atoms with Gasteiger partial charge in [-0.25, -0.2) is 13.1 Å². The van der Waals surface area contributed by atoms with Gasteiger partial charge in [0.05, 0.1) is 4.90 Å². The van der Waals surface area contributed by atoms with E-state index >= 15 is 0 Å². The monoisotopic (exact) mass is 347 g/mol. The number of benzene rings is 2. The van der Waals surface area contributed by atoms with E-state index in [1.807, 2.05) is 38.1 Å². The van der Waals surface area contributed by atoms with Crippen LogP contribution in [0.15, 0.2) is 47.4 Å². The molecule has 1 heterocycles. The van der Waals surface area contributed by atoms with Crippen molar-refractivity contribution in [2.45, 2.75) is 31.2 Å². The second kappa shape index (κ2) is 6.83. The Bertz CT molecular complexity index is 815. The van der Waals surface area contributed by atoms with Crippen LogP contribution < -0.4 is 14.2 Å². The molecule has 1 N–H and O–H groups in total. The molecule has 0 saturated carbocycles. The number of hydrogen-bond donors (Lipinski definition) is 1. The van der Waals surface area contributed by atoms with Crippen LogP contribution in [-0.2, 0) is 10.0 Å². The summed E-state index contributed by atoms with van der Waals surface area (Å²) in [5.74, 6) is 1.04. The van der Waals surface area contributed by atoms with E-state index in [0.717, 1.165) is 11.1 Å². The minimum atomic E-state index is -3.65. The maximum atomic E-state index is 12.7. The Labute approximate surface area is 142 Å². The van der Waals surface area contributed by atoms with Gasteiger partial charge in [0, 0.05) is 12.1 Å². The van der Waals surface area contributed by atoms with Gasteiger partial charge in [0.2, 0.25) is 10.0 Å². The molecule has 2 aromatic rings. The molecule has 24 heavy (non-hydrogen) atoms. The highest BCUT2D eigenvalue weighted by atomic mass is 32.2. The average Bonchev–Trinajstić information content (AvgIpc) is 2.60. The van der Waals surface area contributed by atoms with Crippen molar-refractivity contribution in [3.05, 3.63) is 53.6 Å². The Balaban J connectivity index is 1.85. The van der Waals surface area contributed by atoms with Gasteiger partial charge in [-0.3, -0.25) is 0 Å². The summed E-state index contributed by atoms with van der Waals surface area (Å²) in [4.78, 5) is 0.178. The Morgan fingerprint density at radius 1 is 1.04 bits per heavy atom. The molecule has 0 saturated heterocycles. The third-order valence-electron chi connectivity index (χ3n) is 4.01. The fraction of sp³-hybridized carbons (Fsp3) is 0.333. The van der Waals surface area contributed by atoms with Gasteiger partial charge in [0.25, 0.3) is 0 Å². The highest BCUT2D eigenvalue weighted by Crippen LogP contribution is 2.32. The quantitative estimate of drug-likeness (QED) is 0.902. The molecule has 0 fully saturated rings. The molecule has 1 atom stereocenters. The van der Waals surface area contributed by atoms with E-state index in [-0.39, 0.29) is 10.9 Å². The van der Waals surface area contributed by atoms with Crippen LogP contribution in [0.4, 0.5) is 0 Å². The Morgan fingerprint density at radius 2 is 1.71 bits per heavy atom. The van der Waals surface area contributed by atoms with Crippen molar-refractivity contribution in [2.24, 2.45) is 0 Å². The molecule has 0 bridgehead atoms. The van der Waals surface area contributed by atoms with Crippen molar-refractivity contribution >= 4 is 10.0 Å². The first-order valence-corrected chi connectivity index (χ1v) is 9.46. The van der Waals surface area contributed by atoms with Gasteiger partial charge in [-0.05, 0) is 31.0 Å². The summed E-state index contributed by atoms with van der Waals surface area (Å²) in [5, 5.41) is 0. The summed E-state index contributed by atoms with van der Waals surface area (Å²) >= 11 is 0. The molecule has 1 aliphatic heterocycles. The van der Waals surface area contributed by atoms with E-state index in [9.17, 15) is 8.42 Å². The Kier molecular flexibility index (Phi) is 4.78. The number of ether oxygens (including phenoxy) is 2. The molecule has 128 valence electrons. The Hall–Kier alpha value is -2.05. The summed E-state index contributed by atoms with van der Waals surface area (Å²) in [7, 11) is -3.65. The van der Waals surface area contributed by atoms with E-state index in [0.29, 0.717) is 31.1 Å². The second-order valence-corrected chi connectivity index (χ2v) is 7.51. The molecular weight excluding hydrogens is 326 g/mol. The van der Waals surface area contributed by atoms with Crippen molar-refractivity contribution in [3.8, 4) is 11.5 Å². The first kappa shape index (κ1) is 16.8. The van der Waals surface area contributed by atoms with Crippen LogP contribution in [-0.4, -0.2) is 21.6 Å². The molecule has 0 unspecified atom stereocenters. The number of nitrogens with one attached hydrogen (secondary N) is 1. The lowest BCUT2D eigenvalue weighted by Crippen LogP contribution is -2.28. The van der Waals surface area contributed by atoms with Gasteiger partial charge in [-0.15, -0.1) is 0 Å². The lowest BCUT2D eigenvalue weighted by Gasteiger charge is -2.21. The third-order valence-corrected chi connectivity index (χ3v) is 5.48. The zero-order valence-electron chi connectivity index (χ0n) is 13.8.